The summed E-state index contributed by atoms with van der Waals surface area (Å²) in [5.41, 5.74) is 0. The maximum absolute atomic E-state index is 10.8. The molecule has 0 aromatic carbocycles. The van der Waals surface area contributed by atoms with Gasteiger partial charge in [-0.15, -0.1) is 0 Å². The van der Waals surface area contributed by atoms with Crippen molar-refractivity contribution in [2.45, 2.75) is 174 Å². The molecular weight excluding hydrogens is 429 g/mol. The molecule has 0 rings (SSSR count). The number of nitrogens with zero attached hydrogens (tertiary/aromatic N) is 1. The molecule has 4 heteroatoms. The predicted molar refractivity (Wildman–Crippen MR) is 144 cm³/mol. The molecule has 1 unspecified atom stereocenters. The van der Waals surface area contributed by atoms with E-state index in [0.717, 1.165) is 12.8 Å². The molecule has 198 valence electrons. The van der Waals surface area contributed by atoms with Crippen molar-refractivity contribution in [3.05, 3.63) is 0 Å². The van der Waals surface area contributed by atoms with Crippen LogP contribution in [-0.4, -0.2) is 30.0 Å². The van der Waals surface area contributed by atoms with Gasteiger partial charge in [-0.1, -0.05) is 129 Å². The molecule has 0 saturated heterocycles. The van der Waals surface area contributed by atoms with E-state index >= 15 is 0 Å². The third-order valence-electron chi connectivity index (χ3n) is 7.22. The number of hydrogen-bond acceptors (Lipinski definition) is 3. The summed E-state index contributed by atoms with van der Waals surface area (Å²) in [7, 11) is 0. The predicted octanol–water partition coefficient (Wildman–Crippen LogP) is 5.44. The fourth-order valence-corrected chi connectivity index (χ4v) is 4.88. The Hall–Kier alpha value is 0.430. The maximum Gasteiger partial charge on any atom is 1.00 e. The van der Waals surface area contributed by atoms with Crippen molar-refractivity contribution in [2.75, 3.05) is 13.1 Å². The molecule has 0 aromatic heterocycles. The zero-order chi connectivity index (χ0) is 24.4. The fourth-order valence-electron chi connectivity index (χ4n) is 4.88. The van der Waals surface area contributed by atoms with E-state index in [1.54, 1.807) is 0 Å². The minimum Gasteiger partial charge on any atom is -0.550 e. The molecule has 0 saturated carbocycles. The molecule has 0 aliphatic heterocycles. The van der Waals surface area contributed by atoms with Gasteiger partial charge in [0.25, 0.3) is 0 Å². The molecule has 3 nitrogen and oxygen atoms in total. The Balaban J connectivity index is 0. The zero-order valence-electron chi connectivity index (χ0n) is 24.0. The van der Waals surface area contributed by atoms with Crippen LogP contribution in [-0.2, 0) is 4.79 Å². The van der Waals surface area contributed by atoms with Crippen molar-refractivity contribution in [1.29, 1.82) is 0 Å². The van der Waals surface area contributed by atoms with Crippen LogP contribution in [0.4, 0.5) is 0 Å². The van der Waals surface area contributed by atoms with Gasteiger partial charge in [-0.25, -0.2) is 0 Å². The molecular formula is C30H60NNaO2. The number of rotatable bonds is 27. The minimum atomic E-state index is -0.905. The SMILES string of the molecule is CCCCCCCCCCCCN(CCCCCCCCCCCC)C(C)CCCC(=O)[O-].[Na+]. The molecule has 0 bridgehead atoms. The van der Waals surface area contributed by atoms with Gasteiger partial charge in [-0.05, 0) is 52.1 Å². The van der Waals surface area contributed by atoms with E-state index in [2.05, 4.69) is 25.7 Å². The molecule has 1 atom stereocenters. The van der Waals surface area contributed by atoms with Gasteiger partial charge in [-0.2, -0.15) is 0 Å². The first-order valence-electron chi connectivity index (χ1n) is 15.1. The summed E-state index contributed by atoms with van der Waals surface area (Å²) in [6.45, 7) is 9.22. The second-order valence-electron chi connectivity index (χ2n) is 10.5. The summed E-state index contributed by atoms with van der Waals surface area (Å²) < 4.78 is 0. The second kappa shape index (κ2) is 29.7. The van der Waals surface area contributed by atoms with Crippen molar-refractivity contribution in [1.82, 2.24) is 4.90 Å². The molecule has 0 aromatic rings. The summed E-state index contributed by atoms with van der Waals surface area (Å²) in [4.78, 5) is 13.4. The average Bonchev–Trinajstić information content (AvgIpc) is 2.79. The number of unbranched alkanes of at least 4 members (excludes halogenated alkanes) is 18. The van der Waals surface area contributed by atoms with Gasteiger partial charge >= 0.3 is 29.6 Å². The fraction of sp³-hybridized carbons (Fsp3) is 0.967. The smallest absolute Gasteiger partial charge is 0.550 e. The molecule has 0 radical (unpaired) electrons. The summed E-state index contributed by atoms with van der Waals surface area (Å²) in [6.07, 6.45) is 29.5. The number of carboxylic acid groups (broad SMARTS) is 1. The maximum atomic E-state index is 10.8. The Kier molecular flexibility index (Phi) is 31.9. The Morgan fingerprint density at radius 3 is 1.24 bits per heavy atom. The van der Waals surface area contributed by atoms with Crippen LogP contribution in [0.1, 0.15) is 168 Å². The molecule has 0 aliphatic carbocycles. The van der Waals surface area contributed by atoms with Crippen molar-refractivity contribution in [3.63, 3.8) is 0 Å². The summed E-state index contributed by atoms with van der Waals surface area (Å²) in [6, 6.07) is 0.487. The molecule has 0 amide bonds. The standard InChI is InChI=1S/C30H61NO2.Na/c1-4-6-8-10-12-14-16-18-20-22-27-31(29(3)25-24-26-30(32)33)28-23-21-19-17-15-13-11-9-7-5-2;/h29H,4-28H2,1-3H3,(H,32,33);/q;+1/p-1. The van der Waals surface area contributed by atoms with Crippen LogP contribution in [0.2, 0.25) is 0 Å². The van der Waals surface area contributed by atoms with E-state index in [1.807, 2.05) is 0 Å². The largest absolute Gasteiger partial charge is 1.00 e. The van der Waals surface area contributed by atoms with E-state index in [4.69, 9.17) is 0 Å². The monoisotopic (exact) mass is 489 g/mol. The third-order valence-corrected chi connectivity index (χ3v) is 7.22. The normalized spacial score (nSPS) is 12.1. The topological polar surface area (TPSA) is 43.4 Å². The first-order valence-corrected chi connectivity index (χ1v) is 15.1. The van der Waals surface area contributed by atoms with Crippen LogP contribution in [0.3, 0.4) is 0 Å². The van der Waals surface area contributed by atoms with E-state index in [1.165, 1.54) is 142 Å². The van der Waals surface area contributed by atoms with Crippen LogP contribution < -0.4 is 34.7 Å². The quantitative estimate of drug-likeness (QED) is 0.114. The van der Waals surface area contributed by atoms with Gasteiger partial charge < -0.3 is 14.8 Å². The zero-order valence-corrected chi connectivity index (χ0v) is 26.0. The number of aliphatic carboxylic acids is 1. The number of carboxylic acids is 1. The van der Waals surface area contributed by atoms with Crippen LogP contribution in [0.15, 0.2) is 0 Å². The van der Waals surface area contributed by atoms with E-state index < -0.39 is 5.97 Å². The van der Waals surface area contributed by atoms with Gasteiger partial charge in [0, 0.05) is 12.0 Å². The number of carbonyl (C=O) groups excluding carboxylic acids is 1. The Morgan fingerprint density at radius 2 is 0.912 bits per heavy atom. The van der Waals surface area contributed by atoms with Crippen molar-refractivity contribution >= 4 is 5.97 Å². The van der Waals surface area contributed by atoms with Crippen LogP contribution >= 0.6 is 0 Å². The van der Waals surface area contributed by atoms with Gasteiger partial charge in [0.05, 0.1) is 0 Å². The van der Waals surface area contributed by atoms with Crippen LogP contribution in [0.25, 0.3) is 0 Å². The van der Waals surface area contributed by atoms with Gasteiger partial charge in [0.2, 0.25) is 0 Å². The average molecular weight is 490 g/mol. The van der Waals surface area contributed by atoms with Crippen molar-refractivity contribution in [2.24, 2.45) is 0 Å². The van der Waals surface area contributed by atoms with Gasteiger partial charge in [0.1, 0.15) is 0 Å². The summed E-state index contributed by atoms with van der Waals surface area (Å²) >= 11 is 0. The molecule has 0 aliphatic rings. The Labute approximate surface area is 236 Å². The third kappa shape index (κ3) is 27.0. The second-order valence-corrected chi connectivity index (χ2v) is 10.5. The molecule has 0 heterocycles. The van der Waals surface area contributed by atoms with Crippen molar-refractivity contribution < 1.29 is 39.5 Å². The number of hydrogen-bond donors (Lipinski definition) is 0. The van der Waals surface area contributed by atoms with Crippen molar-refractivity contribution in [3.8, 4) is 0 Å². The Morgan fingerprint density at radius 1 is 0.588 bits per heavy atom. The number of carbonyl (C=O) groups is 1. The molecule has 0 spiro atoms. The molecule has 0 fully saturated rings. The molecule has 0 N–H and O–H groups in total. The van der Waals surface area contributed by atoms with E-state index in [-0.39, 0.29) is 36.0 Å². The van der Waals surface area contributed by atoms with Gasteiger partial charge in [0.15, 0.2) is 0 Å². The minimum absolute atomic E-state index is 0. The molecule has 34 heavy (non-hydrogen) atoms. The summed E-state index contributed by atoms with van der Waals surface area (Å²) in [5, 5.41) is 10.8. The Bertz CT molecular complexity index is 381. The van der Waals surface area contributed by atoms with Gasteiger partial charge in [-0.3, -0.25) is 0 Å². The van der Waals surface area contributed by atoms with E-state index in [9.17, 15) is 9.90 Å². The first kappa shape index (κ1) is 36.6. The summed E-state index contributed by atoms with van der Waals surface area (Å²) in [5.74, 6) is -0.905. The van der Waals surface area contributed by atoms with Crippen LogP contribution in [0.5, 0.6) is 0 Å². The van der Waals surface area contributed by atoms with E-state index in [0.29, 0.717) is 6.04 Å². The first-order chi connectivity index (χ1) is 16.1. The van der Waals surface area contributed by atoms with Crippen LogP contribution in [0, 0.1) is 0 Å².